The molecule has 0 atom stereocenters. The number of hydrogen-bond donors (Lipinski definition) is 0. The van der Waals surface area contributed by atoms with Crippen molar-refractivity contribution in [2.45, 2.75) is 0 Å². The lowest BCUT2D eigenvalue weighted by Crippen LogP contribution is -1.91. The van der Waals surface area contributed by atoms with Crippen LogP contribution in [0.4, 0.5) is 0 Å². The van der Waals surface area contributed by atoms with Crippen LogP contribution in [0.2, 0.25) is 0 Å². The monoisotopic (exact) mass is 560 g/mol. The fourth-order valence-corrected chi connectivity index (χ4v) is 7.37. The Balaban J connectivity index is 1.33. The summed E-state index contributed by atoms with van der Waals surface area (Å²) in [7, 11) is 0. The third-order valence-electron chi connectivity index (χ3n) is 9.26. The molecule has 0 saturated heterocycles. The zero-order valence-corrected chi connectivity index (χ0v) is 23.7. The molecule has 0 bridgehead atoms. The highest BCUT2D eigenvalue weighted by Crippen LogP contribution is 2.48. The van der Waals surface area contributed by atoms with Gasteiger partial charge < -0.3 is 8.83 Å². The Labute approximate surface area is 252 Å². The number of para-hydroxylation sites is 2. The van der Waals surface area contributed by atoms with Gasteiger partial charge in [-0.25, -0.2) is 0 Å². The van der Waals surface area contributed by atoms with Crippen molar-refractivity contribution >= 4 is 76.2 Å². The summed E-state index contributed by atoms with van der Waals surface area (Å²) in [6.45, 7) is 0. The van der Waals surface area contributed by atoms with E-state index in [4.69, 9.17) is 8.83 Å². The van der Waals surface area contributed by atoms with Gasteiger partial charge in [0.05, 0.1) is 0 Å². The predicted octanol–water partition coefficient (Wildman–Crippen LogP) is 12.3. The minimum absolute atomic E-state index is 0.833. The van der Waals surface area contributed by atoms with E-state index in [9.17, 15) is 0 Å². The van der Waals surface area contributed by atoms with Gasteiger partial charge in [-0.2, -0.15) is 0 Å². The molecule has 2 aromatic heterocycles. The molecule has 0 saturated carbocycles. The van der Waals surface area contributed by atoms with Crippen molar-refractivity contribution in [2.24, 2.45) is 0 Å². The first-order chi connectivity index (χ1) is 21.8. The lowest BCUT2D eigenvalue weighted by Gasteiger charge is -2.18. The largest absolute Gasteiger partial charge is 0.456 e. The molecule has 8 aromatic carbocycles. The topological polar surface area (TPSA) is 26.3 Å². The second-order valence-electron chi connectivity index (χ2n) is 11.6. The van der Waals surface area contributed by atoms with Crippen molar-refractivity contribution in [3.63, 3.8) is 0 Å². The van der Waals surface area contributed by atoms with Gasteiger partial charge in [0.2, 0.25) is 0 Å². The van der Waals surface area contributed by atoms with Gasteiger partial charge in [-0.15, -0.1) is 0 Å². The van der Waals surface area contributed by atoms with Gasteiger partial charge >= 0.3 is 0 Å². The average molecular weight is 561 g/mol. The number of fused-ring (bicyclic) bond motifs is 9. The Morgan fingerprint density at radius 2 is 0.795 bits per heavy atom. The molecule has 10 aromatic rings. The van der Waals surface area contributed by atoms with Gasteiger partial charge in [0.15, 0.2) is 0 Å². The second-order valence-corrected chi connectivity index (χ2v) is 11.6. The van der Waals surface area contributed by atoms with E-state index in [1.54, 1.807) is 0 Å². The van der Waals surface area contributed by atoms with Gasteiger partial charge in [-0.05, 0) is 55.6 Å². The minimum Gasteiger partial charge on any atom is -0.456 e. The summed E-state index contributed by atoms with van der Waals surface area (Å²) in [5.74, 6) is 0. The molecule has 0 N–H and O–H groups in total. The molecule has 0 amide bonds. The maximum absolute atomic E-state index is 6.75. The molecule has 10 rings (SSSR count). The van der Waals surface area contributed by atoms with E-state index in [1.807, 2.05) is 18.2 Å². The van der Waals surface area contributed by atoms with E-state index >= 15 is 0 Å². The Hall–Kier alpha value is -5.86. The Morgan fingerprint density at radius 3 is 1.55 bits per heavy atom. The smallest absolute Gasteiger partial charge is 0.143 e. The Kier molecular flexibility index (Phi) is 4.75. The van der Waals surface area contributed by atoms with Gasteiger partial charge in [0.1, 0.15) is 22.3 Å². The zero-order valence-electron chi connectivity index (χ0n) is 23.7. The fraction of sp³-hybridized carbons (Fsp3) is 0. The van der Waals surface area contributed by atoms with Gasteiger partial charge in [0, 0.05) is 38.7 Å². The van der Waals surface area contributed by atoms with Crippen molar-refractivity contribution in [3.8, 4) is 22.3 Å². The number of furan rings is 2. The first kappa shape index (κ1) is 23.7. The van der Waals surface area contributed by atoms with Crippen LogP contribution in [-0.2, 0) is 0 Å². The van der Waals surface area contributed by atoms with E-state index in [-0.39, 0.29) is 0 Å². The molecule has 0 aliphatic carbocycles. The van der Waals surface area contributed by atoms with Crippen LogP contribution in [0.25, 0.3) is 98.4 Å². The number of benzene rings is 8. The predicted molar refractivity (Wildman–Crippen MR) is 184 cm³/mol. The number of hydrogen-bond acceptors (Lipinski definition) is 2. The second kappa shape index (κ2) is 8.82. The molecule has 2 heteroatoms. The fourth-order valence-electron chi connectivity index (χ4n) is 7.37. The van der Waals surface area contributed by atoms with Gasteiger partial charge in [0.25, 0.3) is 0 Å². The third kappa shape index (κ3) is 3.20. The Morgan fingerprint density at radius 1 is 0.295 bits per heavy atom. The van der Waals surface area contributed by atoms with E-state index in [1.165, 1.54) is 49.0 Å². The summed E-state index contributed by atoms with van der Waals surface area (Å²) in [5, 5.41) is 11.8. The van der Waals surface area contributed by atoms with Crippen LogP contribution in [-0.4, -0.2) is 0 Å². The summed E-state index contributed by atoms with van der Waals surface area (Å²) in [5.41, 5.74) is 8.27. The molecular formula is C42H24O2. The zero-order chi connectivity index (χ0) is 28.8. The molecule has 0 radical (unpaired) electrons. The van der Waals surface area contributed by atoms with Crippen molar-refractivity contribution in [1.82, 2.24) is 0 Å². The summed E-state index contributed by atoms with van der Waals surface area (Å²) in [6.07, 6.45) is 0. The maximum atomic E-state index is 6.75. The summed E-state index contributed by atoms with van der Waals surface area (Å²) in [6, 6.07) is 51.9. The molecule has 0 aliphatic heterocycles. The Bertz CT molecular complexity index is 2710. The summed E-state index contributed by atoms with van der Waals surface area (Å²) < 4.78 is 13.0. The van der Waals surface area contributed by atoms with E-state index in [0.29, 0.717) is 0 Å². The highest BCUT2D eigenvalue weighted by Gasteiger charge is 2.21. The van der Waals surface area contributed by atoms with Crippen molar-refractivity contribution in [3.05, 3.63) is 146 Å². The van der Waals surface area contributed by atoms with E-state index in [0.717, 1.165) is 49.4 Å². The standard InChI is InChI=1S/C42H24O2/c1-2-13-26-25(11-1)12-9-19-28(26)40-29-15-3-5-17-31(29)41(32-18-6-4-16-30(32)40)34-21-10-20-33-36-23-35-27-14-7-8-22-37(27)43-38(35)24-39(36)44-42(33)34/h1-24H. The molecule has 44 heavy (non-hydrogen) atoms. The average Bonchev–Trinajstić information content (AvgIpc) is 3.63. The van der Waals surface area contributed by atoms with Crippen LogP contribution in [0.15, 0.2) is 154 Å². The molecule has 2 nitrogen and oxygen atoms in total. The van der Waals surface area contributed by atoms with Gasteiger partial charge in [-0.3, -0.25) is 0 Å². The highest BCUT2D eigenvalue weighted by molar-refractivity contribution is 6.26. The normalized spacial score (nSPS) is 12.1. The van der Waals surface area contributed by atoms with Crippen LogP contribution in [0.3, 0.4) is 0 Å². The summed E-state index contributed by atoms with van der Waals surface area (Å²) in [4.78, 5) is 0. The molecule has 2 heterocycles. The highest BCUT2D eigenvalue weighted by atomic mass is 16.3. The quantitative estimate of drug-likeness (QED) is 0.197. The molecule has 0 spiro atoms. The van der Waals surface area contributed by atoms with E-state index < -0.39 is 0 Å². The molecule has 0 fully saturated rings. The minimum atomic E-state index is 0.833. The molecule has 0 unspecified atom stereocenters. The van der Waals surface area contributed by atoms with Crippen LogP contribution in [0.5, 0.6) is 0 Å². The lowest BCUT2D eigenvalue weighted by atomic mass is 9.84. The lowest BCUT2D eigenvalue weighted by molar-refractivity contribution is 0.656. The van der Waals surface area contributed by atoms with Crippen molar-refractivity contribution in [1.29, 1.82) is 0 Å². The van der Waals surface area contributed by atoms with Crippen LogP contribution in [0, 0.1) is 0 Å². The molecule has 204 valence electrons. The maximum Gasteiger partial charge on any atom is 0.143 e. The van der Waals surface area contributed by atoms with E-state index in [2.05, 4.69) is 127 Å². The van der Waals surface area contributed by atoms with Gasteiger partial charge in [-0.1, -0.05) is 127 Å². The molecular weight excluding hydrogens is 536 g/mol. The molecule has 0 aliphatic rings. The first-order valence-corrected chi connectivity index (χ1v) is 15.0. The van der Waals surface area contributed by atoms with Crippen LogP contribution < -0.4 is 0 Å². The van der Waals surface area contributed by atoms with Crippen molar-refractivity contribution in [2.75, 3.05) is 0 Å². The first-order valence-electron chi connectivity index (χ1n) is 15.0. The number of rotatable bonds is 2. The SMILES string of the molecule is c1ccc2c(-c3c4ccccc4c(-c4cccc5c4oc4cc6oc7ccccc7c6cc45)c4ccccc34)cccc2c1. The third-order valence-corrected chi connectivity index (χ3v) is 9.26. The summed E-state index contributed by atoms with van der Waals surface area (Å²) >= 11 is 0. The van der Waals surface area contributed by atoms with Crippen LogP contribution >= 0.6 is 0 Å². The van der Waals surface area contributed by atoms with Crippen LogP contribution in [0.1, 0.15) is 0 Å². The van der Waals surface area contributed by atoms with Crippen molar-refractivity contribution < 1.29 is 8.83 Å².